The van der Waals surface area contributed by atoms with Crippen LogP contribution in [0.5, 0.6) is 0 Å². The standard InChI is InChI=1S/C40H64N4O3/c1-26-10-17-40(41-25-26)27(2)37-34(47-40)23-33-31-9-8-28-22-29(11-15-38(28,3)32(31)12-16-39(33,37)4)42-35(45)24-36(46)44-20-13-30(14-21-44)43-18-6-5-7-19-43/h8,26-27,29-34,37,41H,5-7,9-25H2,1-4H3,(H,42,45)/t26-,27+,29+,31-,32+,33+,34+,37+,38+,39+,40-/m1/s1. The second-order valence-electron chi connectivity index (χ2n) is 18.3. The predicted molar refractivity (Wildman–Crippen MR) is 185 cm³/mol. The Bertz CT molecular complexity index is 1230. The largest absolute Gasteiger partial charge is 0.357 e. The smallest absolute Gasteiger partial charge is 0.232 e. The van der Waals surface area contributed by atoms with Crippen molar-refractivity contribution in [1.82, 2.24) is 20.4 Å². The zero-order valence-corrected chi connectivity index (χ0v) is 30.0. The lowest BCUT2D eigenvalue weighted by molar-refractivity contribution is -0.137. The molecule has 0 bridgehead atoms. The van der Waals surface area contributed by atoms with Crippen LogP contribution in [-0.2, 0) is 14.3 Å². The molecule has 7 heteroatoms. The zero-order valence-electron chi connectivity index (χ0n) is 30.0. The van der Waals surface area contributed by atoms with Crippen LogP contribution >= 0.6 is 0 Å². The SMILES string of the molecule is C[C@@H]1CC[C@@]2(NC1)O[C@H]1C[C@H]3[C@@H]4CC=C5C[C@@H](NC(=O)CC(=O)N6CCC(N7CCCCC7)CC6)CC[C@]5(C)[C@H]4CC[C@]3(C)[C@H]1[C@@H]2C. The van der Waals surface area contributed by atoms with E-state index in [9.17, 15) is 9.59 Å². The van der Waals surface area contributed by atoms with Gasteiger partial charge in [0.15, 0.2) is 0 Å². The van der Waals surface area contributed by atoms with Crippen LogP contribution in [0.2, 0.25) is 0 Å². The number of carbonyl (C=O) groups excluding carboxylic acids is 2. The van der Waals surface area contributed by atoms with Gasteiger partial charge in [0.05, 0.1) is 6.10 Å². The number of amides is 2. The van der Waals surface area contributed by atoms with Gasteiger partial charge in [0.1, 0.15) is 12.1 Å². The van der Waals surface area contributed by atoms with Gasteiger partial charge in [0, 0.05) is 37.6 Å². The number of nitrogens with zero attached hydrogens (tertiary/aromatic N) is 2. The number of allylic oxidation sites excluding steroid dienone is 1. The molecule has 0 unspecified atom stereocenters. The van der Waals surface area contributed by atoms with E-state index in [-0.39, 0.29) is 35.4 Å². The van der Waals surface area contributed by atoms with Gasteiger partial charge in [-0.3, -0.25) is 14.9 Å². The van der Waals surface area contributed by atoms with Crippen LogP contribution in [0.25, 0.3) is 0 Å². The number of rotatable bonds is 4. The molecule has 0 aromatic carbocycles. The number of piperidine rings is 3. The highest BCUT2D eigenvalue weighted by molar-refractivity contribution is 5.97. The van der Waals surface area contributed by atoms with E-state index in [0.29, 0.717) is 29.4 Å². The molecule has 2 N–H and O–H groups in total. The van der Waals surface area contributed by atoms with E-state index in [1.807, 2.05) is 4.90 Å². The minimum atomic E-state index is -0.0879. The van der Waals surface area contributed by atoms with Crippen molar-refractivity contribution in [2.75, 3.05) is 32.7 Å². The predicted octanol–water partition coefficient (Wildman–Crippen LogP) is 6.28. The van der Waals surface area contributed by atoms with E-state index in [4.69, 9.17) is 4.74 Å². The highest BCUT2D eigenvalue weighted by Crippen LogP contribution is 2.70. The van der Waals surface area contributed by atoms with Crippen molar-refractivity contribution in [3.8, 4) is 0 Å². The molecule has 4 saturated heterocycles. The Labute approximate surface area is 284 Å². The van der Waals surface area contributed by atoms with Gasteiger partial charge in [-0.2, -0.15) is 0 Å². The Hall–Kier alpha value is -1.44. The van der Waals surface area contributed by atoms with Crippen LogP contribution in [0, 0.1) is 46.3 Å². The van der Waals surface area contributed by atoms with Crippen LogP contribution in [0.15, 0.2) is 11.6 Å². The Kier molecular flexibility index (Phi) is 8.64. The van der Waals surface area contributed by atoms with Gasteiger partial charge in [0.25, 0.3) is 0 Å². The van der Waals surface area contributed by atoms with E-state index in [1.165, 1.54) is 70.9 Å². The molecule has 0 radical (unpaired) electrons. The fourth-order valence-electron chi connectivity index (χ4n) is 13.3. The summed E-state index contributed by atoms with van der Waals surface area (Å²) in [6, 6.07) is 0.776. The van der Waals surface area contributed by atoms with E-state index in [2.05, 4.69) is 49.3 Å². The molecular formula is C40H64N4O3. The van der Waals surface area contributed by atoms with E-state index in [0.717, 1.165) is 75.4 Å². The minimum Gasteiger partial charge on any atom is -0.357 e. The van der Waals surface area contributed by atoms with Gasteiger partial charge in [-0.25, -0.2) is 0 Å². The van der Waals surface area contributed by atoms with E-state index < -0.39 is 0 Å². The Morgan fingerprint density at radius 1 is 0.957 bits per heavy atom. The van der Waals surface area contributed by atoms with Gasteiger partial charge < -0.3 is 19.9 Å². The fourth-order valence-corrected chi connectivity index (χ4v) is 13.3. The molecule has 262 valence electrons. The van der Waals surface area contributed by atoms with Crippen molar-refractivity contribution in [1.29, 1.82) is 0 Å². The molecule has 7 fully saturated rings. The van der Waals surface area contributed by atoms with Gasteiger partial charge in [-0.15, -0.1) is 0 Å². The van der Waals surface area contributed by atoms with Crippen LogP contribution in [0.4, 0.5) is 0 Å². The summed E-state index contributed by atoms with van der Waals surface area (Å²) in [6.45, 7) is 15.2. The number of ether oxygens (including phenoxy) is 1. The maximum atomic E-state index is 13.2. The highest BCUT2D eigenvalue weighted by Gasteiger charge is 2.68. The van der Waals surface area contributed by atoms with Gasteiger partial charge in [-0.1, -0.05) is 45.8 Å². The first-order valence-corrected chi connectivity index (χ1v) is 20.0. The lowest BCUT2D eigenvalue weighted by Crippen LogP contribution is -2.57. The third-order valence-corrected chi connectivity index (χ3v) is 16.0. The molecule has 1 spiro atoms. The first-order valence-electron chi connectivity index (χ1n) is 20.0. The summed E-state index contributed by atoms with van der Waals surface area (Å²) in [5, 5.41) is 7.23. The molecule has 4 aliphatic heterocycles. The minimum absolute atomic E-state index is 0.00478. The molecule has 47 heavy (non-hydrogen) atoms. The number of fused-ring (bicyclic) bond motifs is 7. The fraction of sp³-hybridized carbons (Fsp3) is 0.900. The maximum absolute atomic E-state index is 13.2. The molecule has 2 amide bonds. The molecular weight excluding hydrogens is 584 g/mol. The number of likely N-dealkylation sites (tertiary alicyclic amines) is 2. The maximum Gasteiger partial charge on any atom is 0.232 e. The number of hydrogen-bond acceptors (Lipinski definition) is 5. The summed E-state index contributed by atoms with van der Waals surface area (Å²) in [5.74, 6) is 4.19. The lowest BCUT2D eigenvalue weighted by atomic mass is 9.46. The number of carbonyl (C=O) groups is 2. The van der Waals surface area contributed by atoms with E-state index in [1.54, 1.807) is 5.57 Å². The zero-order chi connectivity index (χ0) is 32.6. The molecule has 8 aliphatic rings. The topological polar surface area (TPSA) is 73.9 Å². The third kappa shape index (κ3) is 5.55. The first-order chi connectivity index (χ1) is 22.6. The number of nitrogens with one attached hydrogen (secondary N) is 2. The lowest BCUT2D eigenvalue weighted by Gasteiger charge is -2.58. The molecule has 0 aromatic rings. The second-order valence-corrected chi connectivity index (χ2v) is 18.3. The monoisotopic (exact) mass is 648 g/mol. The molecule has 4 heterocycles. The third-order valence-electron chi connectivity index (χ3n) is 16.0. The second kappa shape index (κ2) is 12.4. The molecule has 4 aliphatic carbocycles. The summed E-state index contributed by atoms with van der Waals surface area (Å²) in [5.41, 5.74) is 2.12. The van der Waals surface area contributed by atoms with Crippen molar-refractivity contribution in [3.63, 3.8) is 0 Å². The Balaban J connectivity index is 0.860. The summed E-state index contributed by atoms with van der Waals surface area (Å²) < 4.78 is 7.09. The normalized spacial score (nSPS) is 47.1. The van der Waals surface area contributed by atoms with Crippen LogP contribution < -0.4 is 10.6 Å². The van der Waals surface area contributed by atoms with Crippen molar-refractivity contribution in [3.05, 3.63) is 11.6 Å². The molecule has 3 saturated carbocycles. The summed E-state index contributed by atoms with van der Waals surface area (Å²) >= 11 is 0. The van der Waals surface area contributed by atoms with Crippen molar-refractivity contribution >= 4 is 11.8 Å². The van der Waals surface area contributed by atoms with Gasteiger partial charge >= 0.3 is 0 Å². The first kappa shape index (κ1) is 32.7. The van der Waals surface area contributed by atoms with Crippen molar-refractivity contribution in [2.45, 2.75) is 148 Å². The quantitative estimate of drug-likeness (QED) is 0.278. The number of hydrogen-bond donors (Lipinski definition) is 2. The molecule has 0 aromatic heterocycles. The van der Waals surface area contributed by atoms with Gasteiger partial charge in [-0.05, 0) is 137 Å². The molecule has 7 nitrogen and oxygen atoms in total. The van der Waals surface area contributed by atoms with Crippen molar-refractivity contribution < 1.29 is 14.3 Å². The van der Waals surface area contributed by atoms with E-state index >= 15 is 0 Å². The summed E-state index contributed by atoms with van der Waals surface area (Å²) in [7, 11) is 0. The average molecular weight is 649 g/mol. The van der Waals surface area contributed by atoms with Gasteiger partial charge in [0.2, 0.25) is 11.8 Å². The highest BCUT2D eigenvalue weighted by atomic mass is 16.5. The Morgan fingerprint density at radius 2 is 1.74 bits per heavy atom. The molecule has 8 rings (SSSR count). The van der Waals surface area contributed by atoms with Crippen LogP contribution in [-0.4, -0.2) is 78.3 Å². The summed E-state index contributed by atoms with van der Waals surface area (Å²) in [4.78, 5) is 30.9. The summed E-state index contributed by atoms with van der Waals surface area (Å²) in [6.07, 6.45) is 19.8. The van der Waals surface area contributed by atoms with Crippen LogP contribution in [0.1, 0.15) is 124 Å². The van der Waals surface area contributed by atoms with Crippen LogP contribution in [0.3, 0.4) is 0 Å². The average Bonchev–Trinajstić information content (AvgIpc) is 3.52. The van der Waals surface area contributed by atoms with Crippen molar-refractivity contribution in [2.24, 2.45) is 46.3 Å². The molecule has 11 atom stereocenters. The Morgan fingerprint density at radius 3 is 2.49 bits per heavy atom.